The molecule has 142 valence electrons. The molecule has 1 saturated heterocycles. The van der Waals surface area contributed by atoms with Crippen molar-refractivity contribution in [2.75, 3.05) is 48.4 Å². The highest BCUT2D eigenvalue weighted by atomic mass is 16.5. The lowest BCUT2D eigenvalue weighted by molar-refractivity contribution is 0.251. The summed E-state index contributed by atoms with van der Waals surface area (Å²) in [4.78, 5) is 16.6. The number of amides is 2. The highest BCUT2D eigenvalue weighted by molar-refractivity contribution is 5.89. The molecule has 2 aliphatic rings. The molecule has 4 rings (SSSR count). The first-order chi connectivity index (χ1) is 13.2. The molecule has 2 fully saturated rings. The molecule has 0 bridgehead atoms. The van der Waals surface area contributed by atoms with E-state index in [0.717, 1.165) is 50.5 Å². The van der Waals surface area contributed by atoms with Gasteiger partial charge in [0, 0.05) is 49.3 Å². The molecule has 0 aromatic heterocycles. The van der Waals surface area contributed by atoms with Crippen LogP contribution in [0.4, 0.5) is 21.9 Å². The second-order valence-electron chi connectivity index (χ2n) is 7.09. The molecule has 2 aromatic carbocycles. The Labute approximate surface area is 160 Å². The van der Waals surface area contributed by atoms with Gasteiger partial charge in [0.25, 0.3) is 0 Å². The highest BCUT2D eigenvalue weighted by Crippen LogP contribution is 2.24. The van der Waals surface area contributed by atoms with Gasteiger partial charge in [0.05, 0.1) is 7.11 Å². The molecule has 1 saturated carbocycles. The van der Waals surface area contributed by atoms with Crippen molar-refractivity contribution in [2.24, 2.45) is 0 Å². The van der Waals surface area contributed by atoms with E-state index < -0.39 is 0 Å². The number of urea groups is 1. The first-order valence-corrected chi connectivity index (χ1v) is 9.53. The van der Waals surface area contributed by atoms with E-state index in [0.29, 0.717) is 6.04 Å². The van der Waals surface area contributed by atoms with Crippen LogP contribution in [0.25, 0.3) is 0 Å². The van der Waals surface area contributed by atoms with E-state index in [9.17, 15) is 4.79 Å². The molecular weight excluding hydrogens is 340 g/mol. The van der Waals surface area contributed by atoms with E-state index in [2.05, 4.69) is 44.7 Å². The molecule has 0 spiro atoms. The minimum absolute atomic E-state index is 0.113. The van der Waals surface area contributed by atoms with Crippen LogP contribution in [0.1, 0.15) is 12.8 Å². The van der Waals surface area contributed by atoms with Crippen molar-refractivity contribution in [2.45, 2.75) is 18.9 Å². The second kappa shape index (κ2) is 7.78. The number of methoxy groups -OCH3 is 1. The topological polar surface area (TPSA) is 56.8 Å². The summed E-state index contributed by atoms with van der Waals surface area (Å²) in [6.07, 6.45) is 2.18. The van der Waals surface area contributed by atoms with Crippen LogP contribution in [-0.2, 0) is 0 Å². The Kier molecular flexibility index (Phi) is 5.05. The maximum atomic E-state index is 11.8. The Morgan fingerprint density at radius 2 is 1.41 bits per heavy atom. The average Bonchev–Trinajstić information content (AvgIpc) is 3.53. The zero-order chi connectivity index (χ0) is 18.6. The molecule has 1 aliphatic heterocycles. The van der Waals surface area contributed by atoms with Crippen molar-refractivity contribution in [3.8, 4) is 5.75 Å². The number of nitrogens with zero attached hydrogens (tertiary/aromatic N) is 2. The van der Waals surface area contributed by atoms with Gasteiger partial charge in [-0.3, -0.25) is 0 Å². The number of hydrogen-bond acceptors (Lipinski definition) is 4. The molecule has 2 aromatic rings. The quantitative estimate of drug-likeness (QED) is 0.852. The summed E-state index contributed by atoms with van der Waals surface area (Å²) >= 11 is 0. The molecule has 1 aliphatic carbocycles. The van der Waals surface area contributed by atoms with Gasteiger partial charge in [0.15, 0.2) is 0 Å². The number of nitrogens with one attached hydrogen (secondary N) is 2. The van der Waals surface area contributed by atoms with Crippen molar-refractivity contribution in [3.63, 3.8) is 0 Å². The molecule has 6 nitrogen and oxygen atoms in total. The Bertz CT molecular complexity index is 764. The van der Waals surface area contributed by atoms with Crippen molar-refractivity contribution < 1.29 is 9.53 Å². The number of ether oxygens (including phenoxy) is 1. The van der Waals surface area contributed by atoms with Crippen molar-refractivity contribution >= 4 is 23.1 Å². The minimum Gasteiger partial charge on any atom is -0.497 e. The first kappa shape index (κ1) is 17.5. The third-order valence-electron chi connectivity index (χ3n) is 5.12. The fraction of sp³-hybridized carbons (Fsp3) is 0.381. The van der Waals surface area contributed by atoms with Gasteiger partial charge in [-0.25, -0.2) is 4.79 Å². The zero-order valence-corrected chi connectivity index (χ0v) is 15.6. The van der Waals surface area contributed by atoms with E-state index in [-0.39, 0.29) is 6.03 Å². The SMILES string of the molecule is COc1ccc(N2CCN(c3ccc(NC(=O)NC4CC4)cc3)CC2)cc1. The standard InChI is InChI=1S/C21H26N4O2/c1-27-20-10-8-19(9-11-20)25-14-12-24(13-15-25)18-6-4-17(5-7-18)23-21(26)22-16-2-3-16/h4-11,16H,2-3,12-15H2,1H3,(H2,22,23,26). The minimum atomic E-state index is -0.113. The van der Waals surface area contributed by atoms with Gasteiger partial charge in [0.2, 0.25) is 0 Å². The number of benzene rings is 2. The molecule has 0 radical (unpaired) electrons. The summed E-state index contributed by atoms with van der Waals surface area (Å²) in [7, 11) is 1.69. The van der Waals surface area contributed by atoms with Gasteiger partial charge in [-0.15, -0.1) is 0 Å². The summed E-state index contributed by atoms with van der Waals surface area (Å²) < 4.78 is 5.23. The van der Waals surface area contributed by atoms with Gasteiger partial charge in [-0.1, -0.05) is 0 Å². The largest absolute Gasteiger partial charge is 0.497 e. The Morgan fingerprint density at radius 1 is 0.889 bits per heavy atom. The zero-order valence-electron chi connectivity index (χ0n) is 15.6. The molecule has 2 N–H and O–H groups in total. The fourth-order valence-electron chi connectivity index (χ4n) is 3.35. The van der Waals surface area contributed by atoms with Crippen LogP contribution in [-0.4, -0.2) is 45.4 Å². The van der Waals surface area contributed by atoms with E-state index in [4.69, 9.17) is 4.74 Å². The Morgan fingerprint density at radius 3 is 1.89 bits per heavy atom. The van der Waals surface area contributed by atoms with Gasteiger partial charge < -0.3 is 25.2 Å². The van der Waals surface area contributed by atoms with Crippen molar-refractivity contribution in [3.05, 3.63) is 48.5 Å². The van der Waals surface area contributed by atoms with Crippen LogP contribution < -0.4 is 25.2 Å². The van der Waals surface area contributed by atoms with Crippen LogP contribution in [0.5, 0.6) is 5.75 Å². The number of carbonyl (C=O) groups excluding carboxylic acids is 1. The van der Waals surface area contributed by atoms with Gasteiger partial charge in [-0.2, -0.15) is 0 Å². The third kappa shape index (κ3) is 4.45. The second-order valence-corrected chi connectivity index (χ2v) is 7.09. The lowest BCUT2D eigenvalue weighted by atomic mass is 10.2. The number of carbonyl (C=O) groups is 1. The van der Waals surface area contributed by atoms with Crippen LogP contribution in [0.2, 0.25) is 0 Å². The highest BCUT2D eigenvalue weighted by Gasteiger charge is 2.23. The monoisotopic (exact) mass is 366 g/mol. The van der Waals surface area contributed by atoms with E-state index in [1.54, 1.807) is 7.11 Å². The third-order valence-corrected chi connectivity index (χ3v) is 5.12. The summed E-state index contributed by atoms with van der Waals surface area (Å²) in [5.74, 6) is 0.886. The van der Waals surface area contributed by atoms with E-state index >= 15 is 0 Å². The van der Waals surface area contributed by atoms with Crippen LogP contribution in [0, 0.1) is 0 Å². The molecule has 2 amide bonds. The number of rotatable bonds is 5. The smallest absolute Gasteiger partial charge is 0.319 e. The summed E-state index contributed by atoms with van der Waals surface area (Å²) in [6, 6.07) is 16.6. The number of hydrogen-bond donors (Lipinski definition) is 2. The lowest BCUT2D eigenvalue weighted by Crippen LogP contribution is -2.46. The van der Waals surface area contributed by atoms with Gasteiger partial charge in [-0.05, 0) is 61.4 Å². The number of piperazine rings is 1. The molecule has 27 heavy (non-hydrogen) atoms. The maximum absolute atomic E-state index is 11.8. The fourth-order valence-corrected chi connectivity index (χ4v) is 3.35. The molecular formula is C21H26N4O2. The summed E-state index contributed by atoms with van der Waals surface area (Å²) in [5, 5.41) is 5.83. The first-order valence-electron chi connectivity index (χ1n) is 9.53. The molecule has 1 heterocycles. The normalized spacial score (nSPS) is 16.8. The van der Waals surface area contributed by atoms with Crippen LogP contribution in [0.15, 0.2) is 48.5 Å². The molecule has 6 heteroatoms. The maximum Gasteiger partial charge on any atom is 0.319 e. The van der Waals surface area contributed by atoms with Crippen molar-refractivity contribution in [1.82, 2.24) is 5.32 Å². The van der Waals surface area contributed by atoms with E-state index in [1.165, 1.54) is 11.4 Å². The summed E-state index contributed by atoms with van der Waals surface area (Å²) in [6.45, 7) is 3.91. The molecule has 0 unspecified atom stereocenters. The van der Waals surface area contributed by atoms with Crippen LogP contribution in [0.3, 0.4) is 0 Å². The predicted molar refractivity (Wildman–Crippen MR) is 109 cm³/mol. The van der Waals surface area contributed by atoms with Crippen molar-refractivity contribution in [1.29, 1.82) is 0 Å². The van der Waals surface area contributed by atoms with Gasteiger partial charge >= 0.3 is 6.03 Å². The number of anilines is 3. The molecule has 0 atom stereocenters. The lowest BCUT2D eigenvalue weighted by Gasteiger charge is -2.37. The predicted octanol–water partition coefficient (Wildman–Crippen LogP) is 3.31. The van der Waals surface area contributed by atoms with Crippen LogP contribution >= 0.6 is 0 Å². The average molecular weight is 366 g/mol. The Balaban J connectivity index is 1.30. The van der Waals surface area contributed by atoms with E-state index in [1.807, 2.05) is 24.3 Å². The Hall–Kier alpha value is -2.89. The summed E-state index contributed by atoms with van der Waals surface area (Å²) in [5.41, 5.74) is 3.25. The van der Waals surface area contributed by atoms with Gasteiger partial charge in [0.1, 0.15) is 5.75 Å².